The molecule has 0 bridgehead atoms. The molecule has 0 unspecified atom stereocenters. The Morgan fingerprint density at radius 1 is 1.05 bits per heavy atom. The van der Waals surface area contributed by atoms with Gasteiger partial charge in [-0.05, 0) is 37.6 Å². The predicted molar refractivity (Wildman–Crippen MR) is 75.3 cm³/mol. The number of benzene rings is 2. The maximum atomic E-state index is 12.9. The number of halogens is 3. The highest BCUT2D eigenvalue weighted by molar-refractivity contribution is 6.05. The van der Waals surface area contributed by atoms with Crippen LogP contribution in [0.2, 0.25) is 0 Å². The van der Waals surface area contributed by atoms with Crippen molar-refractivity contribution in [3.63, 3.8) is 0 Å². The van der Waals surface area contributed by atoms with Crippen molar-refractivity contribution in [2.45, 2.75) is 20.0 Å². The molecule has 0 fully saturated rings. The van der Waals surface area contributed by atoms with Crippen LogP contribution in [0.3, 0.4) is 0 Å². The molecule has 0 aliphatic rings. The second-order valence-corrected chi connectivity index (χ2v) is 4.82. The third-order valence-corrected chi connectivity index (χ3v) is 3.11. The molecule has 5 heteroatoms. The average molecular weight is 293 g/mol. The highest BCUT2D eigenvalue weighted by Gasteiger charge is 2.33. The molecule has 21 heavy (non-hydrogen) atoms. The lowest BCUT2D eigenvalue weighted by molar-refractivity contribution is -0.136. The molecule has 110 valence electrons. The number of hydrogen-bond acceptors (Lipinski definition) is 1. The van der Waals surface area contributed by atoms with Crippen molar-refractivity contribution in [2.75, 3.05) is 5.32 Å². The molecule has 0 heterocycles. The molecule has 2 rings (SSSR count). The highest BCUT2D eigenvalue weighted by Crippen LogP contribution is 2.34. The van der Waals surface area contributed by atoms with Crippen LogP contribution in [0.25, 0.3) is 0 Å². The first-order valence-corrected chi connectivity index (χ1v) is 6.34. The topological polar surface area (TPSA) is 29.1 Å². The van der Waals surface area contributed by atoms with Crippen LogP contribution in [-0.2, 0) is 6.18 Å². The Balaban J connectivity index is 2.32. The molecule has 0 spiro atoms. The lowest BCUT2D eigenvalue weighted by Gasteiger charge is -2.14. The number of carbonyl (C=O) groups is 1. The molecule has 0 atom stereocenters. The van der Waals surface area contributed by atoms with Crippen molar-refractivity contribution in [1.29, 1.82) is 0 Å². The fraction of sp³-hybridized carbons (Fsp3) is 0.188. The maximum absolute atomic E-state index is 12.9. The summed E-state index contributed by atoms with van der Waals surface area (Å²) in [6.45, 7) is 3.63. The first kappa shape index (κ1) is 15.1. The number of alkyl halides is 3. The van der Waals surface area contributed by atoms with E-state index in [9.17, 15) is 18.0 Å². The van der Waals surface area contributed by atoms with E-state index in [4.69, 9.17) is 0 Å². The number of nitrogens with one attached hydrogen (secondary N) is 1. The van der Waals surface area contributed by atoms with Gasteiger partial charge in [-0.3, -0.25) is 4.79 Å². The number of para-hydroxylation sites is 1. The average Bonchev–Trinajstić information content (AvgIpc) is 2.37. The van der Waals surface area contributed by atoms with Crippen molar-refractivity contribution in [3.05, 3.63) is 64.7 Å². The Labute approximate surface area is 120 Å². The maximum Gasteiger partial charge on any atom is 0.418 e. The van der Waals surface area contributed by atoms with E-state index in [2.05, 4.69) is 5.32 Å². The molecule has 2 aromatic rings. The standard InChI is InChI=1S/C16H14F3NO/c1-10-7-8-12(11(2)9-10)15(21)20-14-6-4-3-5-13(14)16(17,18)19/h3-9H,1-2H3,(H,20,21). The van der Waals surface area contributed by atoms with Gasteiger partial charge in [0.2, 0.25) is 0 Å². The van der Waals surface area contributed by atoms with Gasteiger partial charge in [0.15, 0.2) is 0 Å². The summed E-state index contributed by atoms with van der Waals surface area (Å²) in [4.78, 5) is 12.1. The summed E-state index contributed by atoms with van der Waals surface area (Å²) >= 11 is 0. The third-order valence-electron chi connectivity index (χ3n) is 3.11. The second-order valence-electron chi connectivity index (χ2n) is 4.82. The summed E-state index contributed by atoms with van der Waals surface area (Å²) in [7, 11) is 0. The van der Waals surface area contributed by atoms with E-state index in [-0.39, 0.29) is 5.69 Å². The van der Waals surface area contributed by atoms with Gasteiger partial charge >= 0.3 is 6.18 Å². The van der Waals surface area contributed by atoms with Gasteiger partial charge in [-0.2, -0.15) is 13.2 Å². The number of anilines is 1. The highest BCUT2D eigenvalue weighted by atomic mass is 19.4. The van der Waals surface area contributed by atoms with Crippen LogP contribution in [0.1, 0.15) is 27.0 Å². The first-order valence-electron chi connectivity index (χ1n) is 6.34. The zero-order valence-electron chi connectivity index (χ0n) is 11.6. The molecule has 0 aromatic heterocycles. The Kier molecular flexibility index (Phi) is 4.02. The van der Waals surface area contributed by atoms with E-state index in [0.717, 1.165) is 17.2 Å². The van der Waals surface area contributed by atoms with E-state index in [0.29, 0.717) is 5.56 Å². The van der Waals surface area contributed by atoms with Crippen LogP contribution >= 0.6 is 0 Å². The Bertz CT molecular complexity index is 677. The Morgan fingerprint density at radius 2 is 1.71 bits per heavy atom. The van der Waals surface area contributed by atoms with Crippen LogP contribution < -0.4 is 5.32 Å². The number of rotatable bonds is 2. The summed E-state index contributed by atoms with van der Waals surface area (Å²) in [5, 5.41) is 2.33. The van der Waals surface area contributed by atoms with Crippen molar-refractivity contribution < 1.29 is 18.0 Å². The number of amides is 1. The summed E-state index contributed by atoms with van der Waals surface area (Å²) < 4.78 is 38.6. The number of carbonyl (C=O) groups excluding carboxylic acids is 1. The molecule has 0 aliphatic carbocycles. The van der Waals surface area contributed by atoms with Gasteiger partial charge < -0.3 is 5.32 Å². The van der Waals surface area contributed by atoms with Gasteiger partial charge in [-0.1, -0.05) is 29.8 Å². The van der Waals surface area contributed by atoms with Crippen molar-refractivity contribution in [3.8, 4) is 0 Å². The van der Waals surface area contributed by atoms with Gasteiger partial charge in [0.25, 0.3) is 5.91 Å². The van der Waals surface area contributed by atoms with Crippen LogP contribution in [0.5, 0.6) is 0 Å². The fourth-order valence-electron chi connectivity index (χ4n) is 2.10. The molecule has 2 aromatic carbocycles. The van der Waals surface area contributed by atoms with E-state index in [1.54, 1.807) is 19.1 Å². The predicted octanol–water partition coefficient (Wildman–Crippen LogP) is 4.57. The third kappa shape index (κ3) is 3.42. The summed E-state index contributed by atoms with van der Waals surface area (Å²) in [5.74, 6) is -0.552. The quantitative estimate of drug-likeness (QED) is 0.863. The molecular weight excluding hydrogens is 279 g/mol. The Hall–Kier alpha value is -2.30. The molecule has 0 saturated heterocycles. The smallest absolute Gasteiger partial charge is 0.321 e. The SMILES string of the molecule is Cc1ccc(C(=O)Nc2ccccc2C(F)(F)F)c(C)c1. The lowest BCUT2D eigenvalue weighted by Crippen LogP contribution is -2.17. The van der Waals surface area contributed by atoms with Gasteiger partial charge in [0, 0.05) is 5.56 Å². The zero-order chi connectivity index (χ0) is 15.6. The van der Waals surface area contributed by atoms with E-state index < -0.39 is 17.6 Å². The van der Waals surface area contributed by atoms with Gasteiger partial charge in [0.1, 0.15) is 0 Å². The van der Waals surface area contributed by atoms with E-state index >= 15 is 0 Å². The van der Waals surface area contributed by atoms with Gasteiger partial charge in [-0.25, -0.2) is 0 Å². The van der Waals surface area contributed by atoms with Gasteiger partial charge in [0.05, 0.1) is 11.3 Å². The largest absolute Gasteiger partial charge is 0.418 e. The first-order chi connectivity index (χ1) is 9.79. The second kappa shape index (κ2) is 5.60. The lowest BCUT2D eigenvalue weighted by atomic mass is 10.0. The fourth-order valence-corrected chi connectivity index (χ4v) is 2.10. The molecule has 2 nitrogen and oxygen atoms in total. The normalized spacial score (nSPS) is 11.3. The molecular formula is C16H14F3NO. The van der Waals surface area contributed by atoms with Crippen LogP contribution in [-0.4, -0.2) is 5.91 Å². The summed E-state index contributed by atoms with van der Waals surface area (Å²) in [5.41, 5.74) is 0.965. The molecule has 0 saturated carbocycles. The summed E-state index contributed by atoms with van der Waals surface area (Å²) in [6, 6.07) is 10.1. The minimum Gasteiger partial charge on any atom is -0.321 e. The van der Waals surface area contributed by atoms with Crippen LogP contribution in [0, 0.1) is 13.8 Å². The number of hydrogen-bond donors (Lipinski definition) is 1. The molecule has 1 amide bonds. The molecule has 0 radical (unpaired) electrons. The van der Waals surface area contributed by atoms with E-state index in [1.807, 2.05) is 13.0 Å². The van der Waals surface area contributed by atoms with Crippen LogP contribution in [0.4, 0.5) is 18.9 Å². The van der Waals surface area contributed by atoms with Crippen molar-refractivity contribution >= 4 is 11.6 Å². The van der Waals surface area contributed by atoms with Crippen molar-refractivity contribution in [2.24, 2.45) is 0 Å². The minimum atomic E-state index is -4.51. The summed E-state index contributed by atoms with van der Waals surface area (Å²) in [6.07, 6.45) is -4.51. The van der Waals surface area contributed by atoms with Gasteiger partial charge in [-0.15, -0.1) is 0 Å². The number of aryl methyl sites for hydroxylation is 2. The van der Waals surface area contributed by atoms with E-state index in [1.165, 1.54) is 18.2 Å². The van der Waals surface area contributed by atoms with Crippen LogP contribution in [0.15, 0.2) is 42.5 Å². The monoisotopic (exact) mass is 293 g/mol. The zero-order valence-corrected chi connectivity index (χ0v) is 11.6. The Morgan fingerprint density at radius 3 is 2.33 bits per heavy atom. The minimum absolute atomic E-state index is 0.241. The molecule has 0 aliphatic heterocycles. The van der Waals surface area contributed by atoms with Crippen molar-refractivity contribution in [1.82, 2.24) is 0 Å². The molecule has 1 N–H and O–H groups in total.